The molecule has 136 valence electrons. The first-order valence-electron chi connectivity index (χ1n) is 8.17. The predicted octanol–water partition coefficient (Wildman–Crippen LogP) is 3.90. The Bertz CT molecular complexity index is 1010. The molecule has 0 aliphatic carbocycles. The number of nitrogens with one attached hydrogen (secondary N) is 1. The van der Waals surface area contributed by atoms with Gasteiger partial charge >= 0.3 is 0 Å². The van der Waals surface area contributed by atoms with Crippen molar-refractivity contribution >= 4 is 20.8 Å². The molecular formula is C20H21NO4S. The second kappa shape index (κ2) is 7.35. The van der Waals surface area contributed by atoms with E-state index in [0.29, 0.717) is 0 Å². The topological polar surface area (TPSA) is 64.6 Å². The highest BCUT2D eigenvalue weighted by atomic mass is 32.2. The molecule has 0 aromatic heterocycles. The van der Waals surface area contributed by atoms with E-state index in [1.165, 1.54) is 0 Å². The van der Waals surface area contributed by atoms with Crippen molar-refractivity contribution in [2.24, 2.45) is 0 Å². The summed E-state index contributed by atoms with van der Waals surface area (Å²) in [6.45, 7) is 1.81. The van der Waals surface area contributed by atoms with Crippen LogP contribution in [0.4, 0.5) is 0 Å². The van der Waals surface area contributed by atoms with Crippen molar-refractivity contribution in [2.75, 3.05) is 14.2 Å². The number of sulfonamides is 1. The predicted molar refractivity (Wildman–Crippen MR) is 102 cm³/mol. The minimum Gasteiger partial charge on any atom is -0.497 e. The van der Waals surface area contributed by atoms with Gasteiger partial charge in [-0.3, -0.25) is 0 Å². The first kappa shape index (κ1) is 18.2. The monoisotopic (exact) mass is 371 g/mol. The van der Waals surface area contributed by atoms with Gasteiger partial charge in [0.25, 0.3) is 0 Å². The molecule has 3 aromatic rings. The summed E-state index contributed by atoms with van der Waals surface area (Å²) in [7, 11) is -0.448. The number of fused-ring (bicyclic) bond motifs is 1. The largest absolute Gasteiger partial charge is 0.497 e. The van der Waals surface area contributed by atoms with Crippen LogP contribution in [0.5, 0.6) is 11.5 Å². The number of methoxy groups -OCH3 is 2. The van der Waals surface area contributed by atoms with E-state index in [1.807, 2.05) is 49.4 Å². The SMILES string of the molecule is COc1ccc(C(C)NS(=O)(=O)c2ccc3cc(OC)ccc3c2)cc1. The molecule has 1 unspecified atom stereocenters. The van der Waals surface area contributed by atoms with Crippen molar-refractivity contribution in [3.05, 3.63) is 66.2 Å². The highest BCUT2D eigenvalue weighted by Crippen LogP contribution is 2.25. The van der Waals surface area contributed by atoms with Gasteiger partial charge in [-0.25, -0.2) is 13.1 Å². The molecule has 3 aromatic carbocycles. The third-order valence-corrected chi connectivity index (χ3v) is 5.82. The molecule has 3 rings (SSSR count). The maximum Gasteiger partial charge on any atom is 0.241 e. The number of hydrogen-bond acceptors (Lipinski definition) is 4. The Hall–Kier alpha value is -2.57. The summed E-state index contributed by atoms with van der Waals surface area (Å²) in [5.41, 5.74) is 0.861. The Kier molecular flexibility index (Phi) is 5.15. The highest BCUT2D eigenvalue weighted by Gasteiger charge is 2.19. The minimum atomic E-state index is -3.64. The van der Waals surface area contributed by atoms with E-state index >= 15 is 0 Å². The van der Waals surface area contributed by atoms with E-state index < -0.39 is 10.0 Å². The van der Waals surface area contributed by atoms with E-state index in [4.69, 9.17) is 9.47 Å². The van der Waals surface area contributed by atoms with E-state index in [2.05, 4.69) is 4.72 Å². The van der Waals surface area contributed by atoms with Crippen molar-refractivity contribution in [1.82, 2.24) is 4.72 Å². The molecule has 0 bridgehead atoms. The molecule has 0 spiro atoms. The van der Waals surface area contributed by atoms with Crippen LogP contribution in [0.3, 0.4) is 0 Å². The molecule has 5 nitrogen and oxygen atoms in total. The number of rotatable bonds is 6. The molecule has 0 saturated heterocycles. The van der Waals surface area contributed by atoms with Crippen LogP contribution in [0.15, 0.2) is 65.6 Å². The number of hydrogen-bond donors (Lipinski definition) is 1. The summed E-state index contributed by atoms with van der Waals surface area (Å²) in [5.74, 6) is 1.47. The molecule has 0 aliphatic heterocycles. The first-order chi connectivity index (χ1) is 12.4. The molecule has 0 aliphatic rings. The highest BCUT2D eigenvalue weighted by molar-refractivity contribution is 7.89. The Morgan fingerprint density at radius 3 is 2.04 bits per heavy atom. The quantitative estimate of drug-likeness (QED) is 0.714. The fourth-order valence-corrected chi connectivity index (χ4v) is 4.02. The van der Waals surface area contributed by atoms with Crippen molar-refractivity contribution in [3.8, 4) is 11.5 Å². The third-order valence-electron chi connectivity index (χ3n) is 4.28. The second-order valence-electron chi connectivity index (χ2n) is 5.99. The minimum absolute atomic E-state index is 0.232. The zero-order valence-corrected chi connectivity index (χ0v) is 15.7. The van der Waals surface area contributed by atoms with Crippen molar-refractivity contribution in [3.63, 3.8) is 0 Å². The summed E-state index contributed by atoms with van der Waals surface area (Å²) in [6.07, 6.45) is 0. The summed E-state index contributed by atoms with van der Waals surface area (Å²) in [5, 5.41) is 1.76. The summed E-state index contributed by atoms with van der Waals surface area (Å²) >= 11 is 0. The van der Waals surface area contributed by atoms with Gasteiger partial charge in [0.2, 0.25) is 10.0 Å². The molecule has 0 radical (unpaired) electrons. The van der Waals surface area contributed by atoms with Crippen LogP contribution < -0.4 is 14.2 Å². The molecule has 6 heteroatoms. The normalized spacial score (nSPS) is 12.7. The number of ether oxygens (including phenoxy) is 2. The lowest BCUT2D eigenvalue weighted by Crippen LogP contribution is -2.26. The van der Waals surface area contributed by atoms with Gasteiger partial charge in [-0.1, -0.05) is 24.3 Å². The van der Waals surface area contributed by atoms with Crippen molar-refractivity contribution in [1.29, 1.82) is 0 Å². The van der Waals surface area contributed by atoms with Gasteiger partial charge in [0.1, 0.15) is 11.5 Å². The standard InChI is InChI=1S/C20H21NO4S/c1-14(15-4-8-18(24-2)9-5-15)21-26(22,23)20-11-7-16-12-19(25-3)10-6-17(16)13-20/h4-14,21H,1-3H3. The van der Waals surface area contributed by atoms with E-state index in [9.17, 15) is 8.42 Å². The Labute approximate surface area is 153 Å². The van der Waals surface area contributed by atoms with Gasteiger partial charge in [-0.15, -0.1) is 0 Å². The lowest BCUT2D eigenvalue weighted by Gasteiger charge is -2.15. The van der Waals surface area contributed by atoms with Gasteiger partial charge in [-0.2, -0.15) is 0 Å². The van der Waals surface area contributed by atoms with E-state index in [1.54, 1.807) is 32.4 Å². The first-order valence-corrected chi connectivity index (χ1v) is 9.65. The lowest BCUT2D eigenvalue weighted by atomic mass is 10.1. The second-order valence-corrected chi connectivity index (χ2v) is 7.71. The molecule has 0 amide bonds. The zero-order valence-electron chi connectivity index (χ0n) is 14.9. The van der Waals surface area contributed by atoms with Crippen LogP contribution in [0, 0.1) is 0 Å². The zero-order chi connectivity index (χ0) is 18.7. The van der Waals surface area contributed by atoms with Gasteiger partial charge in [0, 0.05) is 6.04 Å². The van der Waals surface area contributed by atoms with Crippen LogP contribution in [0.2, 0.25) is 0 Å². The lowest BCUT2D eigenvalue weighted by molar-refractivity contribution is 0.414. The third kappa shape index (κ3) is 3.81. The molecule has 0 heterocycles. The number of benzene rings is 3. The maximum absolute atomic E-state index is 12.7. The summed E-state index contributed by atoms with van der Waals surface area (Å²) in [4.78, 5) is 0.232. The van der Waals surface area contributed by atoms with Crippen LogP contribution in [-0.2, 0) is 10.0 Å². The van der Waals surface area contributed by atoms with Crippen LogP contribution in [0.25, 0.3) is 10.8 Å². The van der Waals surface area contributed by atoms with Gasteiger partial charge < -0.3 is 9.47 Å². The smallest absolute Gasteiger partial charge is 0.241 e. The van der Waals surface area contributed by atoms with Crippen LogP contribution in [0.1, 0.15) is 18.5 Å². The Morgan fingerprint density at radius 1 is 0.808 bits per heavy atom. The van der Waals surface area contributed by atoms with Crippen LogP contribution >= 0.6 is 0 Å². The Balaban J connectivity index is 1.85. The molecule has 0 saturated carbocycles. The summed E-state index contributed by atoms with van der Waals surface area (Å²) in [6, 6.07) is 17.5. The average molecular weight is 371 g/mol. The summed E-state index contributed by atoms with van der Waals surface area (Å²) < 4.78 is 38.5. The van der Waals surface area contributed by atoms with Gasteiger partial charge in [0.05, 0.1) is 19.1 Å². The molecular weight excluding hydrogens is 350 g/mol. The molecule has 0 fully saturated rings. The Morgan fingerprint density at radius 2 is 1.38 bits per heavy atom. The fraction of sp³-hybridized carbons (Fsp3) is 0.200. The van der Waals surface area contributed by atoms with Crippen LogP contribution in [-0.4, -0.2) is 22.6 Å². The molecule has 1 N–H and O–H groups in total. The average Bonchev–Trinajstić information content (AvgIpc) is 2.66. The molecule has 26 heavy (non-hydrogen) atoms. The van der Waals surface area contributed by atoms with Crippen molar-refractivity contribution in [2.45, 2.75) is 17.9 Å². The maximum atomic E-state index is 12.7. The van der Waals surface area contributed by atoms with E-state index in [0.717, 1.165) is 27.8 Å². The molecule has 1 atom stereocenters. The van der Waals surface area contributed by atoms with Gasteiger partial charge in [0.15, 0.2) is 0 Å². The van der Waals surface area contributed by atoms with E-state index in [-0.39, 0.29) is 10.9 Å². The fourth-order valence-electron chi connectivity index (χ4n) is 2.76. The van der Waals surface area contributed by atoms with Gasteiger partial charge in [-0.05, 0) is 59.7 Å². The van der Waals surface area contributed by atoms with Crippen molar-refractivity contribution < 1.29 is 17.9 Å².